The molecule has 9 nitrogen and oxygen atoms in total. The number of hydrogen-bond donors (Lipinski definition) is 4. The summed E-state index contributed by atoms with van der Waals surface area (Å²) in [6, 6.07) is 16.4. The number of amides is 3. The Morgan fingerprint density at radius 1 is 0.895 bits per heavy atom. The minimum Gasteiger partial charge on any atom is -0.480 e. The number of nitrogens with one attached hydrogen (secondary N) is 3. The van der Waals surface area contributed by atoms with Crippen molar-refractivity contribution in [1.29, 1.82) is 0 Å². The molecule has 0 aliphatic carbocycles. The summed E-state index contributed by atoms with van der Waals surface area (Å²) in [5.41, 5.74) is 1.85. The SMILES string of the molecule is O=C(C[C@@H](Cc1ccccc1)NC(=O)[C@H]1CCCN1)N[C@H](Cc1ccccc1)C(=O)N1CCC[C@@H]1C(=O)O. The molecular weight excluding hydrogens is 484 g/mol. The van der Waals surface area contributed by atoms with Gasteiger partial charge in [0.25, 0.3) is 0 Å². The fourth-order valence-electron chi connectivity index (χ4n) is 5.30. The van der Waals surface area contributed by atoms with E-state index in [9.17, 15) is 24.3 Å². The van der Waals surface area contributed by atoms with E-state index in [0.29, 0.717) is 25.8 Å². The standard InChI is InChI=1S/C29H36N4O5/c34-26(19-22(17-20-9-3-1-4-10-20)31-27(35)23-13-7-15-30-23)32-24(18-21-11-5-2-6-12-21)28(36)33-16-8-14-25(33)29(37)38/h1-6,9-12,22-25,30H,7-8,13-19H2,(H,31,35)(H,32,34)(H,37,38)/t22-,23-,24-,25-/m1/s1. The summed E-state index contributed by atoms with van der Waals surface area (Å²) in [6.07, 6.45) is 3.40. The zero-order valence-electron chi connectivity index (χ0n) is 21.5. The van der Waals surface area contributed by atoms with E-state index in [-0.39, 0.29) is 30.7 Å². The molecule has 4 N–H and O–H groups in total. The summed E-state index contributed by atoms with van der Waals surface area (Å²) in [5.74, 6) is -1.93. The number of rotatable bonds is 11. The molecule has 2 heterocycles. The number of carboxylic acid groups (broad SMARTS) is 1. The Labute approximate surface area is 223 Å². The first-order valence-corrected chi connectivity index (χ1v) is 13.3. The van der Waals surface area contributed by atoms with E-state index in [4.69, 9.17) is 0 Å². The van der Waals surface area contributed by atoms with Crippen molar-refractivity contribution < 1.29 is 24.3 Å². The Hall–Kier alpha value is -3.72. The first kappa shape index (κ1) is 27.3. The zero-order chi connectivity index (χ0) is 26.9. The van der Waals surface area contributed by atoms with Crippen molar-refractivity contribution >= 4 is 23.7 Å². The Morgan fingerprint density at radius 3 is 2.16 bits per heavy atom. The lowest BCUT2D eigenvalue weighted by Gasteiger charge is -2.28. The number of nitrogens with zero attached hydrogens (tertiary/aromatic N) is 1. The molecular formula is C29H36N4O5. The molecule has 2 aliphatic heterocycles. The lowest BCUT2D eigenvalue weighted by molar-refractivity contribution is -0.149. The average Bonchev–Trinajstić information content (AvgIpc) is 3.62. The molecule has 0 aromatic heterocycles. The van der Waals surface area contributed by atoms with Crippen LogP contribution in [0.3, 0.4) is 0 Å². The second-order valence-electron chi connectivity index (χ2n) is 10.1. The van der Waals surface area contributed by atoms with E-state index in [1.54, 1.807) is 0 Å². The Bertz CT molecular complexity index is 1100. The lowest BCUT2D eigenvalue weighted by Crippen LogP contribution is -2.54. The maximum absolute atomic E-state index is 13.5. The molecule has 4 atom stereocenters. The third-order valence-electron chi connectivity index (χ3n) is 7.22. The highest BCUT2D eigenvalue weighted by atomic mass is 16.4. The molecule has 2 aromatic rings. The number of aliphatic carboxylic acids is 1. The molecule has 2 aliphatic rings. The van der Waals surface area contributed by atoms with Gasteiger partial charge in [0.1, 0.15) is 12.1 Å². The number of likely N-dealkylation sites (tertiary alicyclic amines) is 1. The van der Waals surface area contributed by atoms with Crippen LogP contribution in [0.4, 0.5) is 0 Å². The highest BCUT2D eigenvalue weighted by molar-refractivity contribution is 5.91. The molecule has 0 spiro atoms. The van der Waals surface area contributed by atoms with Crippen LogP contribution >= 0.6 is 0 Å². The van der Waals surface area contributed by atoms with Crippen LogP contribution in [0.15, 0.2) is 60.7 Å². The van der Waals surface area contributed by atoms with Gasteiger partial charge in [0.2, 0.25) is 17.7 Å². The molecule has 202 valence electrons. The fraction of sp³-hybridized carbons (Fsp3) is 0.448. The van der Waals surface area contributed by atoms with Crippen molar-refractivity contribution in [2.45, 2.75) is 69.1 Å². The van der Waals surface area contributed by atoms with E-state index in [1.165, 1.54) is 4.90 Å². The summed E-state index contributed by atoms with van der Waals surface area (Å²) >= 11 is 0. The van der Waals surface area contributed by atoms with Gasteiger partial charge in [-0.05, 0) is 49.8 Å². The van der Waals surface area contributed by atoms with Crippen LogP contribution in [0.5, 0.6) is 0 Å². The first-order valence-electron chi connectivity index (χ1n) is 13.3. The summed E-state index contributed by atoms with van der Waals surface area (Å²) in [7, 11) is 0. The van der Waals surface area contributed by atoms with Gasteiger partial charge in [0.05, 0.1) is 6.04 Å². The zero-order valence-corrected chi connectivity index (χ0v) is 21.5. The van der Waals surface area contributed by atoms with Crippen LogP contribution in [0.2, 0.25) is 0 Å². The van der Waals surface area contributed by atoms with Gasteiger partial charge >= 0.3 is 5.97 Å². The van der Waals surface area contributed by atoms with Crippen LogP contribution in [0.25, 0.3) is 0 Å². The monoisotopic (exact) mass is 520 g/mol. The van der Waals surface area contributed by atoms with E-state index in [2.05, 4.69) is 16.0 Å². The normalized spacial score (nSPS) is 20.5. The third kappa shape index (κ3) is 7.41. The van der Waals surface area contributed by atoms with Gasteiger partial charge in [0.15, 0.2) is 0 Å². The summed E-state index contributed by atoms with van der Waals surface area (Å²) in [5, 5.41) is 18.7. The average molecular weight is 521 g/mol. The maximum Gasteiger partial charge on any atom is 0.326 e. The second kappa shape index (κ2) is 13.2. The first-order chi connectivity index (χ1) is 18.4. The van der Waals surface area contributed by atoms with Gasteiger partial charge < -0.3 is 26.0 Å². The third-order valence-corrected chi connectivity index (χ3v) is 7.22. The highest BCUT2D eigenvalue weighted by Crippen LogP contribution is 2.20. The molecule has 3 amide bonds. The molecule has 0 unspecified atom stereocenters. The van der Waals surface area contributed by atoms with Gasteiger partial charge in [-0.3, -0.25) is 14.4 Å². The molecule has 2 aromatic carbocycles. The van der Waals surface area contributed by atoms with Gasteiger partial charge in [0, 0.05) is 25.4 Å². The van der Waals surface area contributed by atoms with Crippen molar-refractivity contribution in [2.24, 2.45) is 0 Å². The van der Waals surface area contributed by atoms with Crippen LogP contribution in [0.1, 0.15) is 43.2 Å². The topological polar surface area (TPSA) is 128 Å². The van der Waals surface area contributed by atoms with Crippen LogP contribution in [-0.2, 0) is 32.0 Å². The van der Waals surface area contributed by atoms with E-state index in [1.807, 2.05) is 60.7 Å². The molecule has 9 heteroatoms. The maximum atomic E-state index is 13.5. The lowest BCUT2D eigenvalue weighted by atomic mass is 10.0. The summed E-state index contributed by atoms with van der Waals surface area (Å²) in [4.78, 5) is 52.8. The Morgan fingerprint density at radius 2 is 1.55 bits per heavy atom. The number of benzene rings is 2. The van der Waals surface area contributed by atoms with Crippen molar-refractivity contribution in [1.82, 2.24) is 20.9 Å². The van der Waals surface area contributed by atoms with Crippen molar-refractivity contribution in [2.75, 3.05) is 13.1 Å². The minimum atomic E-state index is -1.04. The number of carbonyl (C=O) groups excluding carboxylic acids is 3. The van der Waals surface area contributed by atoms with E-state index >= 15 is 0 Å². The molecule has 2 saturated heterocycles. The second-order valence-corrected chi connectivity index (χ2v) is 10.1. The van der Waals surface area contributed by atoms with E-state index < -0.39 is 30.0 Å². The van der Waals surface area contributed by atoms with Gasteiger partial charge in [-0.1, -0.05) is 60.7 Å². The molecule has 2 fully saturated rings. The van der Waals surface area contributed by atoms with Crippen molar-refractivity contribution in [3.63, 3.8) is 0 Å². The number of carbonyl (C=O) groups is 4. The summed E-state index contributed by atoms with van der Waals surface area (Å²) in [6.45, 7) is 1.14. The van der Waals surface area contributed by atoms with Gasteiger partial charge in [-0.15, -0.1) is 0 Å². The predicted octanol–water partition coefficient (Wildman–Crippen LogP) is 1.66. The molecule has 38 heavy (non-hydrogen) atoms. The van der Waals surface area contributed by atoms with Crippen molar-refractivity contribution in [3.05, 3.63) is 71.8 Å². The molecule has 0 bridgehead atoms. The van der Waals surface area contributed by atoms with E-state index in [0.717, 1.165) is 30.5 Å². The largest absolute Gasteiger partial charge is 0.480 e. The number of carboxylic acids is 1. The van der Waals surface area contributed by atoms with Crippen LogP contribution in [0, 0.1) is 0 Å². The molecule has 0 radical (unpaired) electrons. The van der Waals surface area contributed by atoms with Crippen molar-refractivity contribution in [3.8, 4) is 0 Å². The highest BCUT2D eigenvalue weighted by Gasteiger charge is 2.38. The molecule has 4 rings (SSSR count). The quantitative estimate of drug-likeness (QED) is 0.357. The number of hydrogen-bond acceptors (Lipinski definition) is 5. The smallest absolute Gasteiger partial charge is 0.326 e. The summed E-state index contributed by atoms with van der Waals surface area (Å²) < 4.78 is 0. The van der Waals surface area contributed by atoms with Crippen LogP contribution < -0.4 is 16.0 Å². The Kier molecular flexibility index (Phi) is 9.48. The molecule has 0 saturated carbocycles. The minimum absolute atomic E-state index is 0.00567. The Balaban J connectivity index is 1.48. The predicted molar refractivity (Wildman–Crippen MR) is 142 cm³/mol. The van der Waals surface area contributed by atoms with Gasteiger partial charge in [-0.2, -0.15) is 0 Å². The fourth-order valence-corrected chi connectivity index (χ4v) is 5.30. The van der Waals surface area contributed by atoms with Crippen LogP contribution in [-0.4, -0.2) is 71.0 Å². The van der Waals surface area contributed by atoms with Gasteiger partial charge in [-0.25, -0.2) is 4.79 Å².